The molecule has 0 unspecified atom stereocenters. The number of nitrogens with two attached hydrogens (primary N) is 1. The summed E-state index contributed by atoms with van der Waals surface area (Å²) in [5.74, 6) is -0.806. The number of unbranched alkanes of at least 4 members (excludes halogenated alkanes) is 1. The average Bonchev–Trinajstić information content (AvgIpc) is 2.98. The molecule has 2 aromatic carbocycles. The van der Waals surface area contributed by atoms with E-state index in [1.165, 1.54) is 0 Å². The van der Waals surface area contributed by atoms with Crippen LogP contribution in [0.3, 0.4) is 0 Å². The maximum absolute atomic E-state index is 13.4. The molecular weight excluding hydrogens is 552 g/mol. The van der Waals surface area contributed by atoms with Crippen molar-refractivity contribution in [3.63, 3.8) is 0 Å². The third-order valence-corrected chi connectivity index (χ3v) is 7.01. The summed E-state index contributed by atoms with van der Waals surface area (Å²) in [6.45, 7) is 6.33. The van der Waals surface area contributed by atoms with Crippen molar-refractivity contribution in [2.24, 2.45) is 5.73 Å². The van der Waals surface area contributed by atoms with Gasteiger partial charge in [0.05, 0.1) is 6.04 Å². The number of nitrogens with zero attached hydrogens (tertiary/aromatic N) is 1. The van der Waals surface area contributed by atoms with Crippen molar-refractivity contribution in [2.45, 2.75) is 83.3 Å². The number of hydrogen-bond acceptors (Lipinski definition) is 8. The third-order valence-electron chi connectivity index (χ3n) is 7.01. The van der Waals surface area contributed by atoms with Crippen molar-refractivity contribution >= 4 is 24.1 Å². The monoisotopic (exact) mass is 596 g/mol. The van der Waals surface area contributed by atoms with E-state index in [1.54, 1.807) is 25.7 Å². The number of carbonyl (C=O) groups excluding carboxylic acids is 4. The summed E-state index contributed by atoms with van der Waals surface area (Å²) in [4.78, 5) is 52.6. The van der Waals surface area contributed by atoms with Crippen LogP contribution >= 0.6 is 0 Å². The Labute approximate surface area is 253 Å². The number of amides is 3. The van der Waals surface area contributed by atoms with Gasteiger partial charge < -0.3 is 35.5 Å². The van der Waals surface area contributed by atoms with E-state index in [2.05, 4.69) is 10.6 Å². The van der Waals surface area contributed by atoms with Crippen LogP contribution in [-0.2, 0) is 37.0 Å². The summed E-state index contributed by atoms with van der Waals surface area (Å²) in [5.41, 5.74) is 5.92. The lowest BCUT2D eigenvalue weighted by Gasteiger charge is -2.40. The minimum absolute atomic E-state index is 0.0502. The minimum atomic E-state index is -1.35. The molecule has 0 radical (unpaired) electrons. The molecule has 3 rings (SSSR count). The lowest BCUT2D eigenvalue weighted by molar-refractivity contribution is -0.156. The molecule has 43 heavy (non-hydrogen) atoms. The zero-order chi connectivity index (χ0) is 31.3. The molecule has 1 aliphatic heterocycles. The van der Waals surface area contributed by atoms with Crippen LogP contribution in [-0.4, -0.2) is 65.8 Å². The predicted octanol–water partition coefficient (Wildman–Crippen LogP) is 4.04. The van der Waals surface area contributed by atoms with Gasteiger partial charge in [0.1, 0.15) is 24.4 Å². The van der Waals surface area contributed by atoms with Crippen molar-refractivity contribution in [3.8, 4) is 0 Å². The van der Waals surface area contributed by atoms with Gasteiger partial charge in [-0.15, -0.1) is 0 Å². The van der Waals surface area contributed by atoms with Crippen LogP contribution < -0.4 is 16.4 Å². The van der Waals surface area contributed by atoms with Gasteiger partial charge in [-0.25, -0.2) is 14.4 Å². The van der Waals surface area contributed by atoms with Gasteiger partial charge in [0, 0.05) is 19.6 Å². The fourth-order valence-electron chi connectivity index (χ4n) is 4.66. The second-order valence-electron chi connectivity index (χ2n) is 11.7. The van der Waals surface area contributed by atoms with Gasteiger partial charge in [0.2, 0.25) is 5.91 Å². The van der Waals surface area contributed by atoms with Crippen LogP contribution in [0.25, 0.3) is 0 Å². The molecule has 0 saturated carbocycles. The van der Waals surface area contributed by atoms with Crippen LogP contribution in [0.2, 0.25) is 0 Å². The number of hydrogen-bond donors (Lipinski definition) is 3. The zero-order valence-electron chi connectivity index (χ0n) is 25.3. The summed E-state index contributed by atoms with van der Waals surface area (Å²) >= 11 is 0. The van der Waals surface area contributed by atoms with Gasteiger partial charge in [-0.3, -0.25) is 4.79 Å². The Kier molecular flexibility index (Phi) is 12.4. The minimum Gasteiger partial charge on any atom is -0.459 e. The normalized spacial score (nSPS) is 15.1. The van der Waals surface area contributed by atoms with Crippen molar-refractivity contribution in [3.05, 3.63) is 71.8 Å². The Hall–Kier alpha value is -4.12. The Morgan fingerprint density at radius 2 is 1.42 bits per heavy atom. The average molecular weight is 597 g/mol. The first-order valence-electron chi connectivity index (χ1n) is 14.7. The highest BCUT2D eigenvalue weighted by Crippen LogP contribution is 2.26. The molecule has 2 aromatic rings. The number of nitrogens with one attached hydrogen (secondary N) is 2. The molecule has 11 nitrogen and oxygen atoms in total. The Morgan fingerprint density at radius 3 is 1.98 bits per heavy atom. The summed E-state index contributed by atoms with van der Waals surface area (Å²) < 4.78 is 16.2. The van der Waals surface area contributed by atoms with Gasteiger partial charge >= 0.3 is 18.2 Å². The number of piperidine rings is 1. The number of esters is 1. The first-order valence-corrected chi connectivity index (χ1v) is 14.7. The molecule has 1 atom stereocenters. The molecule has 1 fully saturated rings. The highest BCUT2D eigenvalue weighted by molar-refractivity contribution is 5.87. The number of likely N-dealkylation sites (tertiary alicyclic amines) is 1. The summed E-state index contributed by atoms with van der Waals surface area (Å²) in [7, 11) is 0. The maximum Gasteiger partial charge on any atom is 0.408 e. The lowest BCUT2D eigenvalue weighted by atomic mass is 9.87. The second kappa shape index (κ2) is 15.9. The fraction of sp³-hybridized carbons (Fsp3) is 0.500. The quantitative estimate of drug-likeness (QED) is 0.189. The number of rotatable bonds is 12. The first-order chi connectivity index (χ1) is 20.5. The molecule has 0 bridgehead atoms. The summed E-state index contributed by atoms with van der Waals surface area (Å²) in [6, 6.07) is 17.8. The summed E-state index contributed by atoms with van der Waals surface area (Å²) in [6.07, 6.45) is 0.812. The van der Waals surface area contributed by atoms with Gasteiger partial charge in [0.15, 0.2) is 0 Å². The number of benzene rings is 2. The maximum atomic E-state index is 13.4. The first kappa shape index (κ1) is 33.4. The van der Waals surface area contributed by atoms with Crippen LogP contribution in [0.15, 0.2) is 60.7 Å². The fourth-order valence-corrected chi connectivity index (χ4v) is 4.66. The van der Waals surface area contributed by atoms with E-state index in [0.717, 1.165) is 11.1 Å². The molecule has 0 spiro atoms. The van der Waals surface area contributed by atoms with Crippen LogP contribution in [0, 0.1) is 0 Å². The smallest absolute Gasteiger partial charge is 0.408 e. The molecule has 0 aliphatic carbocycles. The lowest BCUT2D eigenvalue weighted by Crippen LogP contribution is -2.62. The molecule has 1 aliphatic rings. The number of ether oxygens (including phenoxy) is 3. The molecule has 3 amide bonds. The molecule has 11 heteroatoms. The number of carbonyl (C=O) groups is 4. The van der Waals surface area contributed by atoms with E-state index < -0.39 is 35.3 Å². The summed E-state index contributed by atoms with van der Waals surface area (Å²) in [5, 5.41) is 5.44. The topological polar surface area (TPSA) is 149 Å². The molecule has 1 saturated heterocycles. The molecular formula is C32H44N4O7. The van der Waals surface area contributed by atoms with Crippen molar-refractivity contribution in [2.75, 3.05) is 19.6 Å². The van der Waals surface area contributed by atoms with Crippen molar-refractivity contribution in [1.29, 1.82) is 0 Å². The number of alkyl carbamates (subject to hydrolysis) is 2. The Bertz CT molecular complexity index is 1190. The molecule has 4 N–H and O–H groups in total. The molecule has 0 aromatic heterocycles. The van der Waals surface area contributed by atoms with E-state index in [1.807, 2.05) is 60.7 Å². The van der Waals surface area contributed by atoms with E-state index in [4.69, 9.17) is 19.9 Å². The van der Waals surface area contributed by atoms with Gasteiger partial charge in [0.25, 0.3) is 0 Å². The van der Waals surface area contributed by atoms with E-state index in [9.17, 15) is 19.2 Å². The van der Waals surface area contributed by atoms with Crippen molar-refractivity contribution in [1.82, 2.24) is 15.5 Å². The van der Waals surface area contributed by atoms with E-state index in [-0.39, 0.29) is 45.1 Å². The van der Waals surface area contributed by atoms with Crippen molar-refractivity contribution < 1.29 is 33.4 Å². The zero-order valence-corrected chi connectivity index (χ0v) is 25.3. The standard InChI is InChI=1S/C32H44N4O7/c1-31(2,3)43-29(39)34-19-11-10-16-26(33)27(37)36-20-17-32(18-21-36,28(38)41-22-24-12-6-4-7-13-24)35-30(40)42-23-25-14-8-5-9-15-25/h4-9,12-15,26H,10-11,16-23,33H2,1-3H3,(H,34,39)(H,35,40)/t26-/m1/s1. The van der Waals surface area contributed by atoms with E-state index in [0.29, 0.717) is 25.8 Å². The third kappa shape index (κ3) is 11.2. The Morgan fingerprint density at radius 1 is 0.860 bits per heavy atom. The van der Waals surface area contributed by atoms with Gasteiger partial charge in [-0.05, 0) is 64.0 Å². The molecule has 1 heterocycles. The van der Waals surface area contributed by atoms with Gasteiger partial charge in [-0.1, -0.05) is 60.7 Å². The highest BCUT2D eigenvalue weighted by atomic mass is 16.6. The van der Waals surface area contributed by atoms with E-state index >= 15 is 0 Å². The van der Waals surface area contributed by atoms with Crippen LogP contribution in [0.4, 0.5) is 9.59 Å². The second-order valence-corrected chi connectivity index (χ2v) is 11.7. The highest BCUT2D eigenvalue weighted by Gasteiger charge is 2.46. The largest absolute Gasteiger partial charge is 0.459 e. The predicted molar refractivity (Wildman–Crippen MR) is 161 cm³/mol. The van der Waals surface area contributed by atoms with Gasteiger partial charge in [-0.2, -0.15) is 0 Å². The Balaban J connectivity index is 1.52. The van der Waals surface area contributed by atoms with Crippen LogP contribution in [0.5, 0.6) is 0 Å². The SMILES string of the molecule is CC(C)(C)OC(=O)NCCCC[C@@H](N)C(=O)N1CCC(NC(=O)OCc2ccccc2)(C(=O)OCc2ccccc2)CC1. The molecule has 234 valence electrons. The van der Waals surface area contributed by atoms with Crippen LogP contribution in [0.1, 0.15) is 64.0 Å².